The summed E-state index contributed by atoms with van der Waals surface area (Å²) in [6.07, 6.45) is 0. The molecule has 0 fully saturated rings. The molecule has 0 amide bonds. The van der Waals surface area contributed by atoms with Crippen molar-refractivity contribution in [2.24, 2.45) is 0 Å². The van der Waals surface area contributed by atoms with Crippen LogP contribution in [0.2, 0.25) is 0 Å². The predicted molar refractivity (Wildman–Crippen MR) is 171 cm³/mol. The van der Waals surface area contributed by atoms with Crippen LogP contribution in [0.3, 0.4) is 0 Å². The van der Waals surface area contributed by atoms with E-state index in [1.54, 1.807) is 36.4 Å². The Kier molecular flexibility index (Phi) is 6.61. The second-order valence-corrected chi connectivity index (χ2v) is 12.1. The number of hydrogen-bond donors (Lipinski definition) is 0. The number of ketones is 1. The Hall–Kier alpha value is -5.46. The maximum atomic E-state index is 14.3. The zero-order valence-electron chi connectivity index (χ0n) is 23.0. The summed E-state index contributed by atoms with van der Waals surface area (Å²) >= 11 is 0. The van der Waals surface area contributed by atoms with Crippen LogP contribution >= 0.6 is 0 Å². The van der Waals surface area contributed by atoms with Crippen LogP contribution in [0.5, 0.6) is 0 Å². The van der Waals surface area contributed by atoms with Crippen LogP contribution in [-0.2, 0) is 9.84 Å². The summed E-state index contributed by atoms with van der Waals surface area (Å²) in [5.74, 6) is -0.310. The molecule has 0 unspecified atom stereocenters. The van der Waals surface area contributed by atoms with E-state index in [1.165, 1.54) is 0 Å². The SMILES string of the molecule is O=C1c2ccc(N(c3ccccc3)c3ccccc3)cc2S(=O)(=O)c2cc(N(c3ccccc3)c3ccccc3)ccc21. The molecule has 7 rings (SSSR count). The number of carbonyl (C=O) groups is 1. The van der Waals surface area contributed by atoms with E-state index >= 15 is 0 Å². The average Bonchev–Trinajstić information content (AvgIpc) is 3.06. The molecule has 6 aromatic rings. The van der Waals surface area contributed by atoms with Crippen LogP contribution in [0, 0.1) is 0 Å². The number of fused-ring (bicyclic) bond motifs is 2. The van der Waals surface area contributed by atoms with Crippen LogP contribution in [0.15, 0.2) is 168 Å². The molecule has 0 saturated carbocycles. The molecule has 0 atom stereocenters. The van der Waals surface area contributed by atoms with Gasteiger partial charge in [0.1, 0.15) is 0 Å². The fraction of sp³-hybridized carbons (Fsp3) is 0. The topological polar surface area (TPSA) is 57.7 Å². The van der Waals surface area contributed by atoms with Gasteiger partial charge in [-0.25, -0.2) is 8.42 Å². The number of benzene rings is 6. The monoisotopic (exact) mass is 578 g/mol. The highest BCUT2D eigenvalue weighted by Crippen LogP contribution is 2.43. The Morgan fingerprint density at radius 2 is 0.674 bits per heavy atom. The molecule has 1 aliphatic rings. The predicted octanol–water partition coefficient (Wildman–Crippen LogP) is 9.00. The van der Waals surface area contributed by atoms with Crippen molar-refractivity contribution >= 4 is 49.7 Å². The van der Waals surface area contributed by atoms with Gasteiger partial charge in [-0.05, 0) is 84.9 Å². The number of para-hydroxylation sites is 4. The first kappa shape index (κ1) is 26.4. The molecular formula is C37H26N2O3S. The fourth-order valence-corrected chi connectivity index (χ4v) is 7.28. The van der Waals surface area contributed by atoms with Gasteiger partial charge in [0.2, 0.25) is 9.84 Å². The van der Waals surface area contributed by atoms with Crippen molar-refractivity contribution in [1.29, 1.82) is 0 Å². The molecule has 208 valence electrons. The molecule has 0 spiro atoms. The summed E-state index contributed by atoms with van der Waals surface area (Å²) in [5.41, 5.74) is 5.12. The third kappa shape index (κ3) is 4.68. The van der Waals surface area contributed by atoms with Crippen LogP contribution in [0.1, 0.15) is 15.9 Å². The minimum Gasteiger partial charge on any atom is -0.310 e. The molecular weight excluding hydrogens is 552 g/mol. The quantitative estimate of drug-likeness (QED) is 0.197. The number of rotatable bonds is 6. The van der Waals surface area contributed by atoms with E-state index in [1.807, 2.05) is 131 Å². The van der Waals surface area contributed by atoms with Gasteiger partial charge in [0, 0.05) is 45.3 Å². The Morgan fingerprint density at radius 3 is 0.977 bits per heavy atom. The lowest BCUT2D eigenvalue weighted by atomic mass is 10.0. The largest absolute Gasteiger partial charge is 0.310 e. The van der Waals surface area contributed by atoms with Crippen molar-refractivity contribution in [2.45, 2.75) is 9.79 Å². The maximum absolute atomic E-state index is 14.3. The molecule has 0 aromatic heterocycles. The minimum atomic E-state index is -4.05. The molecule has 0 saturated heterocycles. The second-order valence-electron chi connectivity index (χ2n) is 10.2. The van der Waals surface area contributed by atoms with E-state index < -0.39 is 9.84 Å². The summed E-state index contributed by atoms with van der Waals surface area (Å²) < 4.78 is 28.7. The fourth-order valence-electron chi connectivity index (χ4n) is 5.59. The molecule has 1 heterocycles. The molecule has 6 aromatic carbocycles. The Morgan fingerprint density at radius 1 is 0.372 bits per heavy atom. The van der Waals surface area contributed by atoms with Crippen molar-refractivity contribution in [3.8, 4) is 0 Å². The number of anilines is 6. The van der Waals surface area contributed by atoms with Gasteiger partial charge in [-0.3, -0.25) is 4.79 Å². The lowest BCUT2D eigenvalue weighted by Gasteiger charge is -2.29. The Labute approximate surface area is 250 Å². The van der Waals surface area contributed by atoms with Crippen molar-refractivity contribution < 1.29 is 13.2 Å². The van der Waals surface area contributed by atoms with Crippen LogP contribution in [-0.4, -0.2) is 14.2 Å². The summed E-state index contributed by atoms with van der Waals surface area (Å²) in [4.78, 5) is 17.7. The van der Waals surface area contributed by atoms with Crippen molar-refractivity contribution in [3.63, 3.8) is 0 Å². The van der Waals surface area contributed by atoms with E-state index in [9.17, 15) is 13.2 Å². The van der Waals surface area contributed by atoms with Crippen LogP contribution in [0.4, 0.5) is 34.1 Å². The number of hydrogen-bond acceptors (Lipinski definition) is 5. The highest BCUT2D eigenvalue weighted by Gasteiger charge is 2.36. The van der Waals surface area contributed by atoms with Crippen LogP contribution in [0.25, 0.3) is 0 Å². The maximum Gasteiger partial charge on any atom is 0.208 e. The minimum absolute atomic E-state index is 0.00230. The molecule has 6 heteroatoms. The van der Waals surface area contributed by atoms with Gasteiger partial charge in [0.25, 0.3) is 0 Å². The van der Waals surface area contributed by atoms with Gasteiger partial charge in [0.15, 0.2) is 5.78 Å². The number of carbonyl (C=O) groups excluding carboxylic acids is 1. The van der Waals surface area contributed by atoms with Gasteiger partial charge in [-0.15, -0.1) is 0 Å². The molecule has 0 bridgehead atoms. The van der Waals surface area contributed by atoms with Gasteiger partial charge in [-0.2, -0.15) is 0 Å². The van der Waals surface area contributed by atoms with Crippen LogP contribution < -0.4 is 9.80 Å². The average molecular weight is 579 g/mol. The first-order valence-electron chi connectivity index (χ1n) is 13.9. The standard InChI is InChI=1S/C37H26N2O3S/c40-37-33-23-21-31(38(27-13-5-1-6-14-27)28-15-7-2-8-16-28)25-35(33)43(41,42)36-26-32(22-24-34(36)37)39(29-17-9-3-10-18-29)30-19-11-4-12-20-30/h1-26H. The van der Waals surface area contributed by atoms with E-state index in [0.717, 1.165) is 22.7 Å². The summed E-state index contributed by atoms with van der Waals surface area (Å²) in [6, 6.07) is 49.1. The van der Waals surface area contributed by atoms with Gasteiger partial charge >= 0.3 is 0 Å². The zero-order chi connectivity index (χ0) is 29.4. The molecule has 0 aliphatic carbocycles. The summed E-state index contributed by atoms with van der Waals surface area (Å²) in [7, 11) is -4.05. The Balaban J connectivity index is 1.38. The highest BCUT2D eigenvalue weighted by atomic mass is 32.2. The van der Waals surface area contributed by atoms with Gasteiger partial charge < -0.3 is 9.80 Å². The second kappa shape index (κ2) is 10.7. The molecule has 43 heavy (non-hydrogen) atoms. The van der Waals surface area contributed by atoms with E-state index in [0.29, 0.717) is 11.4 Å². The molecule has 0 radical (unpaired) electrons. The third-order valence-corrected chi connectivity index (χ3v) is 9.41. The third-order valence-electron chi connectivity index (χ3n) is 7.57. The van der Waals surface area contributed by atoms with E-state index in [2.05, 4.69) is 0 Å². The molecule has 0 N–H and O–H groups in total. The Bertz CT molecular complexity index is 1830. The first-order chi connectivity index (χ1) is 21.0. The van der Waals surface area contributed by atoms with E-state index in [4.69, 9.17) is 0 Å². The number of sulfone groups is 1. The van der Waals surface area contributed by atoms with Crippen molar-refractivity contribution in [1.82, 2.24) is 0 Å². The first-order valence-corrected chi connectivity index (χ1v) is 15.4. The normalized spacial score (nSPS) is 13.1. The van der Waals surface area contributed by atoms with Gasteiger partial charge in [0.05, 0.1) is 9.79 Å². The molecule has 1 aliphatic heterocycles. The van der Waals surface area contributed by atoms with Crippen molar-refractivity contribution in [2.75, 3.05) is 9.80 Å². The number of nitrogens with zero attached hydrogens (tertiary/aromatic N) is 2. The lowest BCUT2D eigenvalue weighted by molar-refractivity contribution is 0.103. The van der Waals surface area contributed by atoms with E-state index in [-0.39, 0.29) is 26.7 Å². The smallest absolute Gasteiger partial charge is 0.208 e. The highest BCUT2D eigenvalue weighted by molar-refractivity contribution is 7.91. The summed E-state index contributed by atoms with van der Waals surface area (Å²) in [5, 5.41) is 0. The molecule has 5 nitrogen and oxygen atoms in total. The lowest BCUT2D eigenvalue weighted by Crippen LogP contribution is -2.22. The van der Waals surface area contributed by atoms with Crippen molar-refractivity contribution in [3.05, 3.63) is 169 Å². The summed E-state index contributed by atoms with van der Waals surface area (Å²) in [6.45, 7) is 0. The zero-order valence-corrected chi connectivity index (χ0v) is 23.9. The van der Waals surface area contributed by atoms with Gasteiger partial charge in [-0.1, -0.05) is 72.8 Å².